The van der Waals surface area contributed by atoms with E-state index in [2.05, 4.69) is 5.32 Å². The van der Waals surface area contributed by atoms with Gasteiger partial charge in [0.15, 0.2) is 0 Å². The molecular weight excluding hydrogens is 274 g/mol. The van der Waals surface area contributed by atoms with E-state index in [1.807, 2.05) is 31.2 Å². The Hall–Kier alpha value is -1.75. The number of carboxylic acids is 1. The zero-order valence-electron chi connectivity index (χ0n) is 11.3. The third-order valence-electron chi connectivity index (χ3n) is 3.40. The molecule has 1 unspecified atom stereocenters. The molecule has 1 amide bonds. The van der Waals surface area contributed by atoms with Crippen molar-refractivity contribution in [2.24, 2.45) is 0 Å². The summed E-state index contributed by atoms with van der Waals surface area (Å²) in [6.07, 6.45) is 3.58. The van der Waals surface area contributed by atoms with Gasteiger partial charge in [-0.25, -0.2) is 4.79 Å². The van der Waals surface area contributed by atoms with Crippen LogP contribution >= 0.6 is 11.8 Å². The summed E-state index contributed by atoms with van der Waals surface area (Å²) in [5, 5.41) is 11.9. The molecule has 1 atom stereocenters. The van der Waals surface area contributed by atoms with Gasteiger partial charge >= 0.3 is 5.97 Å². The van der Waals surface area contributed by atoms with Crippen molar-refractivity contribution in [2.45, 2.75) is 18.9 Å². The first-order chi connectivity index (χ1) is 9.53. The minimum absolute atomic E-state index is 0.363. The smallest absolute Gasteiger partial charge is 0.330 e. The SMILES string of the molecule is Cc1ccccc1C=CC(=O)NC1(C(=O)O)CCSC1. The molecule has 1 saturated heterocycles. The van der Waals surface area contributed by atoms with Gasteiger partial charge in [-0.3, -0.25) is 4.79 Å². The summed E-state index contributed by atoms with van der Waals surface area (Å²) in [5.74, 6) is -0.140. The zero-order chi connectivity index (χ0) is 14.6. The fourth-order valence-corrected chi connectivity index (χ4v) is 3.43. The van der Waals surface area contributed by atoms with Crippen LogP contribution in [-0.2, 0) is 9.59 Å². The van der Waals surface area contributed by atoms with Crippen LogP contribution in [0.25, 0.3) is 6.08 Å². The van der Waals surface area contributed by atoms with Gasteiger partial charge in [0.05, 0.1) is 0 Å². The number of benzene rings is 1. The molecule has 0 saturated carbocycles. The van der Waals surface area contributed by atoms with Crippen molar-refractivity contribution in [2.75, 3.05) is 11.5 Å². The summed E-state index contributed by atoms with van der Waals surface area (Å²) < 4.78 is 0. The molecule has 1 aliphatic heterocycles. The van der Waals surface area contributed by atoms with Gasteiger partial charge < -0.3 is 10.4 Å². The van der Waals surface area contributed by atoms with Crippen molar-refractivity contribution in [1.82, 2.24) is 5.32 Å². The van der Waals surface area contributed by atoms with E-state index in [9.17, 15) is 14.7 Å². The maximum Gasteiger partial charge on any atom is 0.330 e. The summed E-state index contributed by atoms with van der Waals surface area (Å²) in [6, 6.07) is 7.71. The lowest BCUT2D eigenvalue weighted by Gasteiger charge is -2.23. The van der Waals surface area contributed by atoms with Crippen LogP contribution in [0.3, 0.4) is 0 Å². The summed E-state index contributed by atoms with van der Waals surface area (Å²) in [5.41, 5.74) is 0.909. The Labute approximate surface area is 122 Å². The van der Waals surface area contributed by atoms with E-state index in [0.717, 1.165) is 16.9 Å². The molecule has 0 aromatic heterocycles. The minimum Gasteiger partial charge on any atom is -0.479 e. The van der Waals surface area contributed by atoms with Crippen LogP contribution in [0.4, 0.5) is 0 Å². The highest BCUT2D eigenvalue weighted by Crippen LogP contribution is 2.28. The van der Waals surface area contributed by atoms with E-state index in [-0.39, 0.29) is 5.91 Å². The van der Waals surface area contributed by atoms with E-state index in [0.29, 0.717) is 12.2 Å². The lowest BCUT2D eigenvalue weighted by Crippen LogP contribution is -2.54. The first-order valence-electron chi connectivity index (χ1n) is 6.40. The molecule has 1 aromatic rings. The lowest BCUT2D eigenvalue weighted by atomic mass is 9.99. The van der Waals surface area contributed by atoms with Crippen LogP contribution in [-0.4, -0.2) is 34.0 Å². The van der Waals surface area contributed by atoms with Gasteiger partial charge in [0.1, 0.15) is 5.54 Å². The summed E-state index contributed by atoms with van der Waals surface area (Å²) in [6.45, 7) is 1.96. The molecule has 0 radical (unpaired) electrons. The van der Waals surface area contributed by atoms with Crippen molar-refractivity contribution in [3.63, 3.8) is 0 Å². The number of rotatable bonds is 4. The van der Waals surface area contributed by atoms with Gasteiger partial charge in [0.2, 0.25) is 5.91 Å². The fourth-order valence-electron chi connectivity index (χ4n) is 2.10. The van der Waals surface area contributed by atoms with E-state index in [1.54, 1.807) is 17.8 Å². The van der Waals surface area contributed by atoms with Crippen LogP contribution in [0.15, 0.2) is 30.3 Å². The summed E-state index contributed by atoms with van der Waals surface area (Å²) in [4.78, 5) is 23.3. The number of hydrogen-bond donors (Lipinski definition) is 2. The van der Waals surface area contributed by atoms with Crippen molar-refractivity contribution < 1.29 is 14.7 Å². The maximum atomic E-state index is 11.9. The summed E-state index contributed by atoms with van der Waals surface area (Å²) in [7, 11) is 0. The molecule has 1 aliphatic rings. The van der Waals surface area contributed by atoms with E-state index in [1.165, 1.54) is 6.08 Å². The Balaban J connectivity index is 2.05. The Kier molecular flexibility index (Phi) is 4.49. The highest BCUT2D eigenvalue weighted by Gasteiger charge is 2.42. The molecule has 1 aromatic carbocycles. The zero-order valence-corrected chi connectivity index (χ0v) is 12.1. The van der Waals surface area contributed by atoms with Crippen molar-refractivity contribution >= 4 is 29.7 Å². The topological polar surface area (TPSA) is 66.4 Å². The number of nitrogens with one attached hydrogen (secondary N) is 1. The van der Waals surface area contributed by atoms with Gasteiger partial charge in [-0.2, -0.15) is 11.8 Å². The average molecular weight is 291 g/mol. The van der Waals surface area contributed by atoms with Gasteiger partial charge in [-0.1, -0.05) is 24.3 Å². The molecule has 4 nitrogen and oxygen atoms in total. The number of hydrogen-bond acceptors (Lipinski definition) is 3. The van der Waals surface area contributed by atoms with Gasteiger partial charge in [-0.15, -0.1) is 0 Å². The Bertz CT molecular complexity index is 548. The Morgan fingerprint density at radius 1 is 1.40 bits per heavy atom. The highest BCUT2D eigenvalue weighted by atomic mass is 32.2. The molecule has 1 fully saturated rings. The standard InChI is InChI=1S/C15H17NO3S/c1-11-4-2-3-5-12(11)6-7-13(17)16-15(14(18)19)8-9-20-10-15/h2-7H,8-10H2,1H3,(H,16,17)(H,18,19). The van der Waals surface area contributed by atoms with Crippen molar-refractivity contribution in [1.29, 1.82) is 0 Å². The van der Waals surface area contributed by atoms with E-state index >= 15 is 0 Å². The normalized spacial score (nSPS) is 22.1. The number of amides is 1. The molecule has 5 heteroatoms. The molecule has 2 N–H and O–H groups in total. The first kappa shape index (κ1) is 14.7. The van der Waals surface area contributed by atoms with Crippen LogP contribution in [0.2, 0.25) is 0 Å². The molecule has 0 aliphatic carbocycles. The third kappa shape index (κ3) is 3.22. The predicted octanol–water partition coefficient (Wildman–Crippen LogP) is 2.08. The number of carbonyl (C=O) groups is 2. The highest BCUT2D eigenvalue weighted by molar-refractivity contribution is 7.99. The predicted molar refractivity (Wildman–Crippen MR) is 80.7 cm³/mol. The van der Waals surface area contributed by atoms with Crippen LogP contribution < -0.4 is 5.32 Å². The fraction of sp³-hybridized carbons (Fsp3) is 0.333. The van der Waals surface area contributed by atoms with Crippen LogP contribution in [0, 0.1) is 6.92 Å². The number of carboxylic acid groups (broad SMARTS) is 1. The quantitative estimate of drug-likeness (QED) is 0.834. The maximum absolute atomic E-state index is 11.9. The third-order valence-corrected chi connectivity index (χ3v) is 4.59. The Morgan fingerprint density at radius 3 is 2.75 bits per heavy atom. The van der Waals surface area contributed by atoms with Crippen LogP contribution in [0.1, 0.15) is 17.5 Å². The summed E-state index contributed by atoms with van der Waals surface area (Å²) >= 11 is 1.55. The van der Waals surface area contributed by atoms with E-state index in [4.69, 9.17) is 0 Å². The number of carbonyl (C=O) groups excluding carboxylic acids is 1. The molecule has 0 bridgehead atoms. The average Bonchev–Trinajstić information content (AvgIpc) is 2.88. The second kappa shape index (κ2) is 6.13. The van der Waals surface area contributed by atoms with E-state index < -0.39 is 11.5 Å². The lowest BCUT2D eigenvalue weighted by molar-refractivity contribution is -0.145. The van der Waals surface area contributed by atoms with Gasteiger partial charge in [0.25, 0.3) is 0 Å². The van der Waals surface area contributed by atoms with Crippen molar-refractivity contribution in [3.05, 3.63) is 41.5 Å². The number of thioether (sulfide) groups is 1. The van der Waals surface area contributed by atoms with Gasteiger partial charge in [0, 0.05) is 11.8 Å². The monoisotopic (exact) mass is 291 g/mol. The van der Waals surface area contributed by atoms with Gasteiger partial charge in [-0.05, 0) is 36.3 Å². The first-order valence-corrected chi connectivity index (χ1v) is 7.56. The molecule has 106 valence electrons. The Morgan fingerprint density at radius 2 is 2.15 bits per heavy atom. The largest absolute Gasteiger partial charge is 0.479 e. The molecule has 2 rings (SSSR count). The second-order valence-electron chi connectivity index (χ2n) is 4.87. The molecule has 1 heterocycles. The molecular formula is C15H17NO3S. The second-order valence-corrected chi connectivity index (χ2v) is 5.97. The number of aryl methyl sites for hydroxylation is 1. The van der Waals surface area contributed by atoms with Crippen LogP contribution in [0.5, 0.6) is 0 Å². The molecule has 0 spiro atoms. The minimum atomic E-state index is -1.11. The molecule has 20 heavy (non-hydrogen) atoms. The number of aliphatic carboxylic acids is 1. The van der Waals surface area contributed by atoms with Crippen molar-refractivity contribution in [3.8, 4) is 0 Å².